The fourth-order valence-corrected chi connectivity index (χ4v) is 3.46. The van der Waals surface area contributed by atoms with Crippen LogP contribution in [0.5, 0.6) is 0 Å². The van der Waals surface area contributed by atoms with Crippen LogP contribution in [0.15, 0.2) is 10.2 Å². The molecule has 0 aliphatic heterocycles. The van der Waals surface area contributed by atoms with E-state index in [2.05, 4.69) is 12.2 Å². The van der Waals surface area contributed by atoms with E-state index in [1.165, 1.54) is 30.6 Å². The van der Waals surface area contributed by atoms with Gasteiger partial charge in [-0.15, -0.1) is 0 Å². The summed E-state index contributed by atoms with van der Waals surface area (Å²) in [5, 5.41) is 4.96. The van der Waals surface area contributed by atoms with Gasteiger partial charge in [-0.1, -0.05) is 31.1 Å². The maximum Gasteiger partial charge on any atom is 0.307 e. The molecule has 4 nitrogen and oxygen atoms in total. The second-order valence-electron chi connectivity index (χ2n) is 5.48. The highest BCUT2D eigenvalue weighted by Crippen LogP contribution is 2.23. The zero-order valence-electron chi connectivity index (χ0n) is 11.6. The second kappa shape index (κ2) is 6.37. The predicted octanol–water partition coefficient (Wildman–Crippen LogP) is 2.30. The van der Waals surface area contributed by atoms with E-state index in [0.717, 1.165) is 12.1 Å². The van der Waals surface area contributed by atoms with Crippen molar-refractivity contribution in [1.82, 2.24) is 9.88 Å². The van der Waals surface area contributed by atoms with E-state index in [9.17, 15) is 9.59 Å². The molecule has 0 saturated heterocycles. The SMILES string of the molecule is Cc1csc(=O)n1CCC(=O)NC1CCCCC1C. The van der Waals surface area contributed by atoms with Gasteiger partial charge in [-0.05, 0) is 25.7 Å². The van der Waals surface area contributed by atoms with E-state index >= 15 is 0 Å². The minimum Gasteiger partial charge on any atom is -0.353 e. The summed E-state index contributed by atoms with van der Waals surface area (Å²) in [6.45, 7) is 4.59. The van der Waals surface area contributed by atoms with Crippen LogP contribution < -0.4 is 10.2 Å². The second-order valence-corrected chi connectivity index (χ2v) is 6.30. The Labute approximate surface area is 117 Å². The van der Waals surface area contributed by atoms with Crippen LogP contribution in [0.1, 0.15) is 44.7 Å². The number of carbonyl (C=O) groups excluding carboxylic acids is 1. The number of hydrogen-bond acceptors (Lipinski definition) is 3. The van der Waals surface area contributed by atoms with Crippen molar-refractivity contribution in [3.8, 4) is 0 Å². The minimum atomic E-state index is 0.0244. The van der Waals surface area contributed by atoms with Gasteiger partial charge in [0.05, 0.1) is 0 Å². The molecule has 106 valence electrons. The Balaban J connectivity index is 1.83. The van der Waals surface area contributed by atoms with Gasteiger partial charge in [0.1, 0.15) is 0 Å². The molecule has 1 aliphatic rings. The number of rotatable bonds is 4. The highest BCUT2D eigenvalue weighted by atomic mass is 32.1. The number of thiazole rings is 1. The molecule has 1 aromatic rings. The summed E-state index contributed by atoms with van der Waals surface area (Å²) in [6.07, 6.45) is 5.16. The van der Waals surface area contributed by atoms with Gasteiger partial charge in [0.15, 0.2) is 0 Å². The van der Waals surface area contributed by atoms with E-state index in [-0.39, 0.29) is 10.8 Å². The van der Waals surface area contributed by atoms with Crippen molar-refractivity contribution in [2.24, 2.45) is 5.92 Å². The van der Waals surface area contributed by atoms with Gasteiger partial charge in [0.25, 0.3) is 0 Å². The average Bonchev–Trinajstić information content (AvgIpc) is 2.70. The number of carbonyl (C=O) groups is 1. The van der Waals surface area contributed by atoms with E-state index in [1.807, 2.05) is 12.3 Å². The first kappa shape index (κ1) is 14.3. The minimum absolute atomic E-state index is 0.0244. The molecule has 5 heteroatoms. The van der Waals surface area contributed by atoms with Crippen LogP contribution in [0, 0.1) is 12.8 Å². The number of nitrogens with zero attached hydrogens (tertiary/aromatic N) is 1. The van der Waals surface area contributed by atoms with E-state index in [1.54, 1.807) is 4.57 Å². The van der Waals surface area contributed by atoms with Crippen LogP contribution in [0.25, 0.3) is 0 Å². The van der Waals surface area contributed by atoms with Gasteiger partial charge in [0, 0.05) is 30.1 Å². The normalized spacial score (nSPS) is 23.3. The lowest BCUT2D eigenvalue weighted by atomic mass is 9.86. The summed E-state index contributed by atoms with van der Waals surface area (Å²) >= 11 is 1.19. The highest BCUT2D eigenvalue weighted by Gasteiger charge is 2.22. The quantitative estimate of drug-likeness (QED) is 0.921. The topological polar surface area (TPSA) is 51.1 Å². The zero-order chi connectivity index (χ0) is 13.8. The van der Waals surface area contributed by atoms with Gasteiger partial charge in [-0.2, -0.15) is 0 Å². The molecule has 1 fully saturated rings. The van der Waals surface area contributed by atoms with Gasteiger partial charge in [-0.25, -0.2) is 0 Å². The van der Waals surface area contributed by atoms with E-state index < -0.39 is 0 Å². The van der Waals surface area contributed by atoms with Crippen molar-refractivity contribution >= 4 is 17.2 Å². The molecule has 19 heavy (non-hydrogen) atoms. The Kier molecular flexibility index (Phi) is 4.80. The summed E-state index contributed by atoms with van der Waals surface area (Å²) in [6, 6.07) is 0.321. The third-order valence-electron chi connectivity index (χ3n) is 4.00. The van der Waals surface area contributed by atoms with Crippen LogP contribution in [0.2, 0.25) is 0 Å². The van der Waals surface area contributed by atoms with Crippen molar-refractivity contribution < 1.29 is 4.79 Å². The fraction of sp³-hybridized carbons (Fsp3) is 0.714. The lowest BCUT2D eigenvalue weighted by Crippen LogP contribution is -2.41. The Morgan fingerprint density at radius 2 is 2.21 bits per heavy atom. The Morgan fingerprint density at radius 1 is 1.47 bits per heavy atom. The molecule has 2 rings (SSSR count). The number of hydrogen-bond donors (Lipinski definition) is 1. The molecule has 1 N–H and O–H groups in total. The molecule has 0 spiro atoms. The molecule has 1 aromatic heterocycles. The molecule has 2 atom stereocenters. The average molecular weight is 282 g/mol. The molecule has 2 unspecified atom stereocenters. The summed E-state index contributed by atoms with van der Waals surface area (Å²) in [4.78, 5) is 23.5. The van der Waals surface area contributed by atoms with Crippen LogP contribution in [0.4, 0.5) is 0 Å². The van der Waals surface area contributed by atoms with Crippen molar-refractivity contribution in [2.45, 2.75) is 58.5 Å². The molecule has 0 radical (unpaired) electrons. The summed E-state index contributed by atoms with van der Waals surface area (Å²) in [7, 11) is 0. The Bertz CT molecular complexity index is 492. The maximum atomic E-state index is 12.0. The van der Waals surface area contributed by atoms with Gasteiger partial charge in [0.2, 0.25) is 5.91 Å². The third-order valence-corrected chi connectivity index (χ3v) is 4.88. The number of aryl methyl sites for hydroxylation is 1. The van der Waals surface area contributed by atoms with Crippen LogP contribution >= 0.6 is 11.3 Å². The van der Waals surface area contributed by atoms with Crippen molar-refractivity contribution in [3.05, 3.63) is 20.7 Å². The number of nitrogens with one attached hydrogen (secondary N) is 1. The van der Waals surface area contributed by atoms with Gasteiger partial charge >= 0.3 is 4.87 Å². The van der Waals surface area contributed by atoms with E-state index in [4.69, 9.17) is 0 Å². The lowest BCUT2D eigenvalue weighted by Gasteiger charge is -2.29. The molecule has 0 aromatic carbocycles. The predicted molar refractivity (Wildman–Crippen MR) is 77.5 cm³/mol. The Morgan fingerprint density at radius 3 is 2.84 bits per heavy atom. The number of aromatic nitrogens is 1. The molecule has 1 saturated carbocycles. The van der Waals surface area contributed by atoms with Crippen LogP contribution in [0.3, 0.4) is 0 Å². The molecular weight excluding hydrogens is 260 g/mol. The van der Waals surface area contributed by atoms with Crippen molar-refractivity contribution in [3.63, 3.8) is 0 Å². The molecule has 1 amide bonds. The standard InChI is InChI=1S/C14H22N2O2S/c1-10-5-3-4-6-12(10)15-13(17)7-8-16-11(2)9-19-14(16)18/h9-10,12H,3-8H2,1-2H3,(H,15,17). The highest BCUT2D eigenvalue weighted by molar-refractivity contribution is 7.07. The molecular formula is C14H22N2O2S. The van der Waals surface area contributed by atoms with Crippen LogP contribution in [-0.4, -0.2) is 16.5 Å². The number of amides is 1. The third kappa shape index (κ3) is 3.69. The van der Waals surface area contributed by atoms with E-state index in [0.29, 0.717) is 24.9 Å². The monoisotopic (exact) mass is 282 g/mol. The fourth-order valence-electron chi connectivity index (χ4n) is 2.70. The van der Waals surface area contributed by atoms with Gasteiger partial charge in [-0.3, -0.25) is 9.59 Å². The smallest absolute Gasteiger partial charge is 0.307 e. The maximum absolute atomic E-state index is 12.0. The molecule has 1 aliphatic carbocycles. The first-order valence-corrected chi connectivity index (χ1v) is 7.90. The first-order chi connectivity index (χ1) is 9.08. The van der Waals surface area contributed by atoms with Crippen molar-refractivity contribution in [1.29, 1.82) is 0 Å². The first-order valence-electron chi connectivity index (χ1n) is 7.02. The Hall–Kier alpha value is -1.10. The zero-order valence-corrected chi connectivity index (χ0v) is 12.5. The lowest BCUT2D eigenvalue weighted by molar-refractivity contribution is -0.122. The van der Waals surface area contributed by atoms with Crippen molar-refractivity contribution in [2.75, 3.05) is 0 Å². The van der Waals surface area contributed by atoms with Crippen LogP contribution in [-0.2, 0) is 11.3 Å². The summed E-state index contributed by atoms with van der Waals surface area (Å²) in [5.74, 6) is 0.638. The summed E-state index contributed by atoms with van der Waals surface area (Å²) in [5.41, 5.74) is 0.939. The molecule has 0 bridgehead atoms. The largest absolute Gasteiger partial charge is 0.353 e. The molecule has 1 heterocycles. The van der Waals surface area contributed by atoms with Gasteiger partial charge < -0.3 is 9.88 Å². The summed E-state index contributed by atoms with van der Waals surface area (Å²) < 4.78 is 1.68.